The molecule has 3 aliphatic heterocycles. The van der Waals surface area contributed by atoms with Crippen molar-refractivity contribution in [2.24, 2.45) is 17.8 Å². The molecular formula is C19H25N3O4. The van der Waals surface area contributed by atoms with E-state index >= 15 is 0 Å². The van der Waals surface area contributed by atoms with Gasteiger partial charge >= 0.3 is 0 Å². The average Bonchev–Trinajstić information content (AvgIpc) is 3.35. The Balaban J connectivity index is 1.52. The number of amides is 2. The Hall–Kier alpha value is -2.15. The molecule has 4 atom stereocenters. The number of carbonyl (C=O) groups excluding carboxylic acids is 2. The first-order chi connectivity index (χ1) is 12.4. The van der Waals surface area contributed by atoms with Gasteiger partial charge in [-0.15, -0.1) is 0 Å². The largest absolute Gasteiger partial charge is 0.360 e. The molecule has 4 rings (SSSR count). The smallest absolute Gasteiger partial charge is 0.230 e. The molecule has 0 radical (unpaired) electrons. The molecule has 4 heterocycles. The van der Waals surface area contributed by atoms with Crippen molar-refractivity contribution in [3.63, 3.8) is 0 Å². The molecule has 0 unspecified atom stereocenters. The Bertz CT molecular complexity index is 729. The minimum absolute atomic E-state index is 0.0453. The lowest BCUT2D eigenvalue weighted by molar-refractivity contribution is -0.142. The summed E-state index contributed by atoms with van der Waals surface area (Å²) in [4.78, 5) is 29.6. The maximum absolute atomic E-state index is 13.1. The van der Waals surface area contributed by atoms with E-state index in [9.17, 15) is 9.59 Å². The van der Waals surface area contributed by atoms with Crippen LogP contribution < -0.4 is 0 Å². The zero-order chi connectivity index (χ0) is 18.5. The third-order valence-electron chi connectivity index (χ3n) is 5.70. The second-order valence-corrected chi connectivity index (χ2v) is 8.02. The number of carbonyl (C=O) groups is 2. The van der Waals surface area contributed by atoms with Gasteiger partial charge in [0.05, 0.1) is 37.2 Å². The normalized spacial score (nSPS) is 31.9. The Labute approximate surface area is 152 Å². The summed E-state index contributed by atoms with van der Waals surface area (Å²) in [7, 11) is 1.73. The van der Waals surface area contributed by atoms with Crippen molar-refractivity contribution in [2.75, 3.05) is 20.1 Å². The van der Waals surface area contributed by atoms with E-state index in [2.05, 4.69) is 19.0 Å². The van der Waals surface area contributed by atoms with Crippen molar-refractivity contribution in [3.8, 4) is 0 Å². The lowest BCUT2D eigenvalue weighted by Crippen LogP contribution is -2.44. The van der Waals surface area contributed by atoms with Crippen LogP contribution in [0.1, 0.15) is 26.0 Å². The van der Waals surface area contributed by atoms with Crippen molar-refractivity contribution in [1.29, 1.82) is 0 Å². The molecule has 3 aliphatic rings. The van der Waals surface area contributed by atoms with Crippen molar-refractivity contribution in [3.05, 3.63) is 30.2 Å². The van der Waals surface area contributed by atoms with Gasteiger partial charge in [-0.3, -0.25) is 9.59 Å². The molecular weight excluding hydrogens is 334 g/mol. The summed E-state index contributed by atoms with van der Waals surface area (Å²) < 4.78 is 11.2. The van der Waals surface area contributed by atoms with Crippen LogP contribution >= 0.6 is 0 Å². The third kappa shape index (κ3) is 2.65. The van der Waals surface area contributed by atoms with E-state index < -0.39 is 17.4 Å². The molecule has 2 saturated heterocycles. The lowest BCUT2D eigenvalue weighted by atomic mass is 9.76. The molecule has 1 aromatic heterocycles. The topological polar surface area (TPSA) is 75.9 Å². The molecule has 0 aromatic carbocycles. The molecule has 140 valence electrons. The summed E-state index contributed by atoms with van der Waals surface area (Å²) >= 11 is 0. The maximum atomic E-state index is 13.1. The molecule has 0 N–H and O–H groups in total. The van der Waals surface area contributed by atoms with Crippen molar-refractivity contribution in [2.45, 2.75) is 38.5 Å². The minimum atomic E-state index is -0.633. The van der Waals surface area contributed by atoms with E-state index in [4.69, 9.17) is 9.26 Å². The summed E-state index contributed by atoms with van der Waals surface area (Å²) in [6.07, 6.45) is 6.13. The summed E-state index contributed by atoms with van der Waals surface area (Å²) in [5.41, 5.74) is -0.633. The Morgan fingerprint density at radius 2 is 2.31 bits per heavy atom. The number of rotatable bonds is 6. The number of likely N-dealkylation sites (tertiary alicyclic amines) is 1. The van der Waals surface area contributed by atoms with Gasteiger partial charge in [0.2, 0.25) is 11.8 Å². The van der Waals surface area contributed by atoms with Gasteiger partial charge in [-0.1, -0.05) is 31.2 Å². The predicted molar refractivity (Wildman–Crippen MR) is 92.7 cm³/mol. The third-order valence-corrected chi connectivity index (χ3v) is 5.70. The van der Waals surface area contributed by atoms with Gasteiger partial charge in [0.25, 0.3) is 0 Å². The van der Waals surface area contributed by atoms with Crippen LogP contribution in [-0.4, -0.2) is 58.6 Å². The van der Waals surface area contributed by atoms with E-state index in [1.54, 1.807) is 24.2 Å². The van der Waals surface area contributed by atoms with Crippen LogP contribution in [0.5, 0.6) is 0 Å². The van der Waals surface area contributed by atoms with E-state index in [0.29, 0.717) is 31.3 Å². The monoisotopic (exact) mass is 359 g/mol. The average molecular weight is 359 g/mol. The molecule has 2 amide bonds. The lowest BCUT2D eigenvalue weighted by Gasteiger charge is -2.27. The van der Waals surface area contributed by atoms with Crippen LogP contribution in [-0.2, 0) is 20.9 Å². The number of fused-ring (bicyclic) bond motifs is 1. The first kappa shape index (κ1) is 17.3. The van der Waals surface area contributed by atoms with Gasteiger partial charge in [-0.2, -0.15) is 0 Å². The van der Waals surface area contributed by atoms with Crippen molar-refractivity contribution < 1.29 is 18.8 Å². The first-order valence-corrected chi connectivity index (χ1v) is 9.22. The van der Waals surface area contributed by atoms with E-state index in [0.717, 1.165) is 6.42 Å². The van der Waals surface area contributed by atoms with Gasteiger partial charge in [0.15, 0.2) is 5.76 Å². The molecule has 1 aromatic rings. The molecule has 2 bridgehead atoms. The van der Waals surface area contributed by atoms with Crippen LogP contribution in [0.3, 0.4) is 0 Å². The first-order valence-electron chi connectivity index (χ1n) is 9.22. The highest BCUT2D eigenvalue weighted by molar-refractivity contribution is 5.92. The quantitative estimate of drug-likeness (QED) is 0.719. The minimum Gasteiger partial charge on any atom is -0.360 e. The highest BCUT2D eigenvalue weighted by Crippen LogP contribution is 2.52. The van der Waals surface area contributed by atoms with Crippen LogP contribution in [0.2, 0.25) is 0 Å². The molecule has 2 fully saturated rings. The summed E-state index contributed by atoms with van der Waals surface area (Å²) in [6.45, 7) is 5.88. The van der Waals surface area contributed by atoms with Gasteiger partial charge in [0.1, 0.15) is 5.60 Å². The fourth-order valence-corrected chi connectivity index (χ4v) is 4.35. The second kappa shape index (κ2) is 6.23. The van der Waals surface area contributed by atoms with Gasteiger partial charge < -0.3 is 19.1 Å². The zero-order valence-electron chi connectivity index (χ0n) is 15.4. The van der Waals surface area contributed by atoms with E-state index in [1.165, 1.54) is 0 Å². The highest BCUT2D eigenvalue weighted by Gasteiger charge is 2.66. The van der Waals surface area contributed by atoms with Crippen LogP contribution in [0.25, 0.3) is 0 Å². The van der Waals surface area contributed by atoms with Crippen LogP contribution in [0.4, 0.5) is 0 Å². The number of ether oxygens (including phenoxy) is 1. The summed E-state index contributed by atoms with van der Waals surface area (Å²) in [5, 5.41) is 3.67. The highest BCUT2D eigenvalue weighted by atomic mass is 16.5. The SMILES string of the molecule is CC(C)CCN1C[C@]23C=C[C@H](O2)[C@@H](C(=O)N(C)Cc2ccno2)[C@H]3C1=O. The Morgan fingerprint density at radius 1 is 1.50 bits per heavy atom. The standard InChI is InChI=1S/C19H25N3O4/c1-12(2)6-9-22-11-19-7-4-14(25-19)15(16(19)18(22)24)17(23)21(3)10-13-5-8-20-26-13/h4-5,7-8,12,14-16H,6,9-11H2,1-3H3/t14-,15+,16-,19-/m0/s1. The van der Waals surface area contributed by atoms with Gasteiger partial charge in [-0.25, -0.2) is 0 Å². The molecule has 0 saturated carbocycles. The molecule has 7 nitrogen and oxygen atoms in total. The predicted octanol–water partition coefficient (Wildman–Crippen LogP) is 1.46. The molecule has 7 heteroatoms. The van der Waals surface area contributed by atoms with Crippen molar-refractivity contribution in [1.82, 2.24) is 15.0 Å². The van der Waals surface area contributed by atoms with E-state index in [-0.39, 0.29) is 17.9 Å². The summed E-state index contributed by atoms with van der Waals surface area (Å²) in [6, 6.07) is 1.73. The molecule has 0 aliphatic carbocycles. The Morgan fingerprint density at radius 3 is 3.00 bits per heavy atom. The van der Waals surface area contributed by atoms with Crippen LogP contribution in [0, 0.1) is 17.8 Å². The molecule has 26 heavy (non-hydrogen) atoms. The number of aromatic nitrogens is 1. The number of hydrogen-bond donors (Lipinski definition) is 0. The Kier molecular flexibility index (Phi) is 4.14. The fraction of sp³-hybridized carbons (Fsp3) is 0.632. The molecule has 1 spiro atoms. The number of hydrogen-bond acceptors (Lipinski definition) is 5. The maximum Gasteiger partial charge on any atom is 0.230 e. The second-order valence-electron chi connectivity index (χ2n) is 8.02. The van der Waals surface area contributed by atoms with Crippen LogP contribution in [0.15, 0.2) is 28.9 Å². The van der Waals surface area contributed by atoms with Gasteiger partial charge in [0, 0.05) is 19.7 Å². The van der Waals surface area contributed by atoms with Gasteiger partial charge in [-0.05, 0) is 12.3 Å². The van der Waals surface area contributed by atoms with Crippen molar-refractivity contribution >= 4 is 11.8 Å². The fourth-order valence-electron chi connectivity index (χ4n) is 4.35. The number of nitrogens with zero attached hydrogens (tertiary/aromatic N) is 3. The van der Waals surface area contributed by atoms with E-state index in [1.807, 2.05) is 17.1 Å². The summed E-state index contributed by atoms with van der Waals surface area (Å²) in [5.74, 6) is 0.217. The zero-order valence-corrected chi connectivity index (χ0v) is 15.4.